The molecular formula is C17H21FN2O2. The first-order valence-corrected chi connectivity index (χ1v) is 7.82. The van der Waals surface area contributed by atoms with Crippen molar-refractivity contribution in [2.75, 3.05) is 6.54 Å². The number of amides is 2. The molecule has 2 N–H and O–H groups in total. The van der Waals surface area contributed by atoms with Crippen molar-refractivity contribution >= 4 is 17.0 Å². The fourth-order valence-corrected chi connectivity index (χ4v) is 3.02. The van der Waals surface area contributed by atoms with E-state index in [9.17, 15) is 9.18 Å². The third-order valence-corrected chi connectivity index (χ3v) is 4.24. The first-order chi connectivity index (χ1) is 10.7. The topological polar surface area (TPSA) is 54.3 Å². The van der Waals surface area contributed by atoms with Crippen molar-refractivity contribution in [3.63, 3.8) is 0 Å². The second kappa shape index (κ2) is 6.81. The molecule has 22 heavy (non-hydrogen) atoms. The average molecular weight is 304 g/mol. The second-order valence-corrected chi connectivity index (χ2v) is 5.99. The zero-order chi connectivity index (χ0) is 15.4. The fraction of sp³-hybridized carbons (Fsp3) is 0.471. The largest absolute Gasteiger partial charge is 0.464 e. The second-order valence-electron chi connectivity index (χ2n) is 5.99. The van der Waals surface area contributed by atoms with Crippen LogP contribution in [0.15, 0.2) is 34.9 Å². The van der Waals surface area contributed by atoms with Crippen LogP contribution in [0.2, 0.25) is 0 Å². The van der Waals surface area contributed by atoms with E-state index >= 15 is 0 Å². The van der Waals surface area contributed by atoms with Gasteiger partial charge in [0, 0.05) is 18.5 Å². The Morgan fingerprint density at radius 2 is 2.18 bits per heavy atom. The van der Waals surface area contributed by atoms with E-state index in [1.807, 2.05) is 24.3 Å². The molecule has 5 heteroatoms. The van der Waals surface area contributed by atoms with Crippen molar-refractivity contribution in [3.8, 4) is 0 Å². The number of nitrogens with one attached hydrogen (secondary N) is 2. The number of rotatable bonds is 4. The first kappa shape index (κ1) is 14.9. The molecule has 118 valence electrons. The summed E-state index contributed by atoms with van der Waals surface area (Å²) in [6, 6.07) is 7.52. The summed E-state index contributed by atoms with van der Waals surface area (Å²) in [4.78, 5) is 11.8. The minimum absolute atomic E-state index is 0.201. The number of hydrogen-bond donors (Lipinski definition) is 2. The SMILES string of the molecule is O=C(NCc1ccc2occc2c1)NCC1CCCC(F)C1. The Balaban J connectivity index is 1.43. The van der Waals surface area contributed by atoms with E-state index < -0.39 is 6.17 Å². The number of carbonyl (C=O) groups is 1. The molecule has 1 aromatic heterocycles. The smallest absolute Gasteiger partial charge is 0.315 e. The van der Waals surface area contributed by atoms with E-state index in [2.05, 4.69) is 10.6 Å². The lowest BCUT2D eigenvalue weighted by Crippen LogP contribution is -2.39. The van der Waals surface area contributed by atoms with Crippen LogP contribution in [-0.4, -0.2) is 18.7 Å². The van der Waals surface area contributed by atoms with Crippen LogP contribution in [0.4, 0.5) is 9.18 Å². The van der Waals surface area contributed by atoms with Crippen LogP contribution in [0.25, 0.3) is 11.0 Å². The maximum absolute atomic E-state index is 13.3. The molecule has 1 heterocycles. The van der Waals surface area contributed by atoms with E-state index in [0.717, 1.165) is 29.4 Å². The van der Waals surface area contributed by atoms with Gasteiger partial charge in [0.25, 0.3) is 0 Å². The maximum Gasteiger partial charge on any atom is 0.315 e. The van der Waals surface area contributed by atoms with Gasteiger partial charge in [0.1, 0.15) is 11.8 Å². The monoisotopic (exact) mass is 304 g/mol. The molecule has 1 fully saturated rings. The van der Waals surface area contributed by atoms with Crippen LogP contribution in [-0.2, 0) is 6.54 Å². The Kier molecular flexibility index (Phi) is 4.61. The molecule has 0 spiro atoms. The molecule has 4 nitrogen and oxygen atoms in total. The quantitative estimate of drug-likeness (QED) is 0.903. The molecule has 2 amide bonds. The minimum atomic E-state index is -0.703. The van der Waals surface area contributed by atoms with Crippen LogP contribution in [0, 0.1) is 5.92 Å². The summed E-state index contributed by atoms with van der Waals surface area (Å²) in [7, 11) is 0. The van der Waals surface area contributed by atoms with Gasteiger partial charge >= 0.3 is 6.03 Å². The maximum atomic E-state index is 13.3. The van der Waals surface area contributed by atoms with Gasteiger partial charge in [0.2, 0.25) is 0 Å². The molecule has 3 rings (SSSR count). The molecule has 0 radical (unpaired) electrons. The lowest BCUT2D eigenvalue weighted by Gasteiger charge is -2.24. The lowest BCUT2D eigenvalue weighted by atomic mass is 9.88. The summed E-state index contributed by atoms with van der Waals surface area (Å²) >= 11 is 0. The highest BCUT2D eigenvalue weighted by molar-refractivity contribution is 5.78. The van der Waals surface area contributed by atoms with E-state index in [-0.39, 0.29) is 11.9 Å². The van der Waals surface area contributed by atoms with Crippen molar-refractivity contribution in [2.24, 2.45) is 5.92 Å². The van der Waals surface area contributed by atoms with Crippen molar-refractivity contribution < 1.29 is 13.6 Å². The molecule has 1 aliphatic rings. The number of urea groups is 1. The van der Waals surface area contributed by atoms with Crippen LogP contribution in [0.3, 0.4) is 0 Å². The average Bonchev–Trinajstić information content (AvgIpc) is 2.98. The minimum Gasteiger partial charge on any atom is -0.464 e. The van der Waals surface area contributed by atoms with E-state index in [1.165, 1.54) is 0 Å². The van der Waals surface area contributed by atoms with Crippen molar-refractivity contribution in [2.45, 2.75) is 38.4 Å². The van der Waals surface area contributed by atoms with Gasteiger partial charge in [0.05, 0.1) is 6.26 Å². The van der Waals surface area contributed by atoms with Crippen molar-refractivity contribution in [1.82, 2.24) is 10.6 Å². The molecule has 1 aromatic carbocycles. The molecule has 2 atom stereocenters. The number of fused-ring (bicyclic) bond motifs is 1. The highest BCUT2D eigenvalue weighted by Crippen LogP contribution is 2.25. The van der Waals surface area contributed by atoms with Crippen molar-refractivity contribution in [3.05, 3.63) is 36.1 Å². The zero-order valence-corrected chi connectivity index (χ0v) is 12.5. The van der Waals surface area contributed by atoms with Crippen LogP contribution >= 0.6 is 0 Å². The van der Waals surface area contributed by atoms with Gasteiger partial charge < -0.3 is 15.1 Å². The number of hydrogen-bond acceptors (Lipinski definition) is 2. The van der Waals surface area contributed by atoms with Gasteiger partial charge in [-0.05, 0) is 48.9 Å². The highest BCUT2D eigenvalue weighted by Gasteiger charge is 2.21. The Labute approximate surface area is 129 Å². The lowest BCUT2D eigenvalue weighted by molar-refractivity contribution is 0.193. The third kappa shape index (κ3) is 3.78. The summed E-state index contributed by atoms with van der Waals surface area (Å²) in [5.74, 6) is 0.261. The number of benzene rings is 1. The van der Waals surface area contributed by atoms with Crippen molar-refractivity contribution in [1.29, 1.82) is 0 Å². The van der Waals surface area contributed by atoms with Crippen LogP contribution in [0.5, 0.6) is 0 Å². The summed E-state index contributed by atoms with van der Waals surface area (Å²) in [5.41, 5.74) is 1.86. The summed E-state index contributed by atoms with van der Waals surface area (Å²) in [5, 5.41) is 6.70. The van der Waals surface area contributed by atoms with Crippen LogP contribution < -0.4 is 10.6 Å². The molecule has 0 saturated heterocycles. The Morgan fingerprint density at radius 1 is 1.27 bits per heavy atom. The zero-order valence-electron chi connectivity index (χ0n) is 12.5. The van der Waals surface area contributed by atoms with Gasteiger partial charge in [-0.3, -0.25) is 0 Å². The van der Waals surface area contributed by atoms with E-state index in [0.29, 0.717) is 25.9 Å². The van der Waals surface area contributed by atoms with Gasteiger partial charge in [-0.15, -0.1) is 0 Å². The number of furan rings is 1. The Morgan fingerprint density at radius 3 is 3.05 bits per heavy atom. The van der Waals surface area contributed by atoms with Gasteiger partial charge in [-0.2, -0.15) is 0 Å². The standard InChI is InChI=1S/C17H21FN2O2/c18-15-3-1-2-12(9-15)10-19-17(21)20-11-13-4-5-16-14(8-13)6-7-22-16/h4-8,12,15H,1-3,9-11H2,(H2,19,20,21). The summed E-state index contributed by atoms with van der Waals surface area (Å²) in [6.07, 6.45) is 4.09. The Hall–Kier alpha value is -2.04. The molecule has 1 saturated carbocycles. The summed E-state index contributed by atoms with van der Waals surface area (Å²) < 4.78 is 18.6. The normalized spacial score (nSPS) is 21.7. The van der Waals surface area contributed by atoms with E-state index in [1.54, 1.807) is 6.26 Å². The van der Waals surface area contributed by atoms with Crippen LogP contribution in [0.1, 0.15) is 31.2 Å². The molecular weight excluding hydrogens is 283 g/mol. The summed E-state index contributed by atoms with van der Waals surface area (Å²) in [6.45, 7) is 1.01. The molecule has 0 bridgehead atoms. The number of carbonyl (C=O) groups excluding carboxylic acids is 1. The van der Waals surface area contributed by atoms with Gasteiger partial charge in [-0.25, -0.2) is 9.18 Å². The predicted octanol–water partition coefficient (Wildman–Crippen LogP) is 3.76. The fourth-order valence-electron chi connectivity index (χ4n) is 3.02. The van der Waals surface area contributed by atoms with Gasteiger partial charge in [0.15, 0.2) is 0 Å². The molecule has 2 aromatic rings. The highest BCUT2D eigenvalue weighted by atomic mass is 19.1. The third-order valence-electron chi connectivity index (χ3n) is 4.24. The first-order valence-electron chi connectivity index (χ1n) is 7.82. The van der Waals surface area contributed by atoms with Gasteiger partial charge in [-0.1, -0.05) is 12.5 Å². The predicted molar refractivity (Wildman–Crippen MR) is 83.3 cm³/mol. The molecule has 0 aliphatic heterocycles. The molecule has 2 unspecified atom stereocenters. The number of alkyl halides is 1. The Bertz CT molecular complexity index is 640. The number of halogens is 1. The van der Waals surface area contributed by atoms with E-state index in [4.69, 9.17) is 4.42 Å². The molecule has 1 aliphatic carbocycles.